The number of aromatic amines is 1. The van der Waals surface area contributed by atoms with Crippen molar-refractivity contribution in [1.82, 2.24) is 4.98 Å². The Labute approximate surface area is 75.9 Å². The van der Waals surface area contributed by atoms with Crippen LogP contribution in [-0.4, -0.2) is 28.4 Å². The predicted octanol–water partition coefficient (Wildman–Crippen LogP) is -0.556. The molecule has 0 amide bonds. The fourth-order valence-corrected chi connectivity index (χ4v) is 1.17. The molecule has 0 fully saturated rings. The first-order chi connectivity index (χ1) is 6.26. The summed E-state index contributed by atoms with van der Waals surface area (Å²) in [6.45, 7) is 0.0248. The molecule has 0 saturated carbocycles. The third-order valence-corrected chi connectivity index (χ3v) is 1.72. The molecule has 0 aliphatic rings. The van der Waals surface area contributed by atoms with Crippen molar-refractivity contribution in [2.24, 2.45) is 0 Å². The highest BCUT2D eigenvalue weighted by Crippen LogP contribution is 1.96. The number of rotatable bonds is 4. The average Bonchev–Trinajstić information content (AvgIpc) is 2.04. The van der Waals surface area contributed by atoms with Crippen LogP contribution in [0.2, 0.25) is 0 Å². The Hall–Kier alpha value is -1.13. The average molecular weight is 183 g/mol. The van der Waals surface area contributed by atoms with E-state index in [9.17, 15) is 4.79 Å². The number of aliphatic hydroxyl groups excluding tert-OH is 2. The lowest BCUT2D eigenvalue weighted by Gasteiger charge is -2.02. The molecule has 72 valence electrons. The van der Waals surface area contributed by atoms with Crippen molar-refractivity contribution in [3.8, 4) is 0 Å². The first-order valence-corrected chi connectivity index (χ1v) is 4.20. The lowest BCUT2D eigenvalue weighted by atomic mass is 10.2. The largest absolute Gasteiger partial charge is 0.396 e. The Kier molecular flexibility index (Phi) is 3.67. The lowest BCUT2D eigenvalue weighted by molar-refractivity contribution is 0.295. The monoisotopic (exact) mass is 183 g/mol. The molecule has 0 unspecified atom stereocenters. The molecule has 0 bridgehead atoms. The van der Waals surface area contributed by atoms with E-state index in [-0.39, 0.29) is 18.6 Å². The molecule has 0 aliphatic carbocycles. The van der Waals surface area contributed by atoms with Crippen LogP contribution in [0, 0.1) is 0 Å². The van der Waals surface area contributed by atoms with Gasteiger partial charge in [0.1, 0.15) is 0 Å². The quantitative estimate of drug-likeness (QED) is 0.586. The number of hydrogen-bond acceptors (Lipinski definition) is 3. The molecule has 4 heteroatoms. The first-order valence-electron chi connectivity index (χ1n) is 4.20. The highest BCUT2D eigenvalue weighted by atomic mass is 16.3. The van der Waals surface area contributed by atoms with Gasteiger partial charge in [-0.1, -0.05) is 0 Å². The van der Waals surface area contributed by atoms with Crippen molar-refractivity contribution in [2.45, 2.75) is 12.8 Å². The zero-order valence-corrected chi connectivity index (χ0v) is 7.29. The van der Waals surface area contributed by atoms with Crippen LogP contribution in [0.1, 0.15) is 11.4 Å². The van der Waals surface area contributed by atoms with E-state index in [2.05, 4.69) is 4.98 Å². The minimum Gasteiger partial charge on any atom is -0.396 e. The summed E-state index contributed by atoms with van der Waals surface area (Å²) in [6, 6.07) is 2.91. The maximum atomic E-state index is 11.1. The van der Waals surface area contributed by atoms with Crippen molar-refractivity contribution in [3.05, 3.63) is 33.7 Å². The van der Waals surface area contributed by atoms with Gasteiger partial charge in [-0.15, -0.1) is 0 Å². The minimum atomic E-state index is -0.0920. The molecule has 1 rings (SSSR count). The van der Waals surface area contributed by atoms with E-state index in [1.54, 1.807) is 0 Å². The van der Waals surface area contributed by atoms with E-state index in [1.165, 1.54) is 12.1 Å². The lowest BCUT2D eigenvalue weighted by Crippen LogP contribution is -2.09. The van der Waals surface area contributed by atoms with Crippen LogP contribution in [0.3, 0.4) is 0 Å². The molecule has 0 aromatic carbocycles. The summed E-state index contributed by atoms with van der Waals surface area (Å²) in [5.41, 5.74) is 1.32. The predicted molar refractivity (Wildman–Crippen MR) is 48.6 cm³/mol. The van der Waals surface area contributed by atoms with E-state index in [1.807, 2.05) is 0 Å². The number of aromatic nitrogens is 1. The number of hydrogen-bond donors (Lipinski definition) is 3. The molecular weight excluding hydrogens is 170 g/mol. The van der Waals surface area contributed by atoms with Crippen LogP contribution in [0.4, 0.5) is 0 Å². The van der Waals surface area contributed by atoms with E-state index >= 15 is 0 Å². The number of aliphatic hydroxyl groups is 2. The number of pyridine rings is 1. The number of H-pyrrole nitrogens is 1. The van der Waals surface area contributed by atoms with Crippen molar-refractivity contribution in [3.63, 3.8) is 0 Å². The molecule has 4 nitrogen and oxygen atoms in total. The molecule has 13 heavy (non-hydrogen) atoms. The van der Waals surface area contributed by atoms with Gasteiger partial charge in [0.25, 0.3) is 0 Å². The summed E-state index contributed by atoms with van der Waals surface area (Å²) in [6.07, 6.45) is 0.878. The molecular formula is C9H13NO3. The molecule has 1 heterocycles. The van der Waals surface area contributed by atoms with Crippen LogP contribution >= 0.6 is 0 Å². The van der Waals surface area contributed by atoms with Gasteiger partial charge in [-0.3, -0.25) is 4.79 Å². The molecule has 0 radical (unpaired) electrons. The summed E-state index contributed by atoms with van der Waals surface area (Å²) < 4.78 is 0. The fourth-order valence-electron chi connectivity index (χ4n) is 1.17. The highest BCUT2D eigenvalue weighted by Gasteiger charge is 1.98. The highest BCUT2D eigenvalue weighted by molar-refractivity contribution is 5.12. The molecule has 0 spiro atoms. The van der Waals surface area contributed by atoms with Gasteiger partial charge in [0.15, 0.2) is 5.43 Å². The maximum absolute atomic E-state index is 11.1. The van der Waals surface area contributed by atoms with Crippen molar-refractivity contribution >= 4 is 0 Å². The molecule has 0 atom stereocenters. The van der Waals surface area contributed by atoms with Crippen LogP contribution in [0.5, 0.6) is 0 Å². The van der Waals surface area contributed by atoms with Crippen molar-refractivity contribution < 1.29 is 10.2 Å². The van der Waals surface area contributed by atoms with Gasteiger partial charge in [0.05, 0.1) is 0 Å². The Morgan fingerprint density at radius 1 is 1.08 bits per heavy atom. The number of nitrogens with one attached hydrogen (secondary N) is 1. The van der Waals surface area contributed by atoms with E-state index in [0.717, 1.165) is 0 Å². The topological polar surface area (TPSA) is 73.3 Å². The standard InChI is InChI=1S/C9H13NO3/c11-3-1-7-5-9(13)6-8(10-7)2-4-12/h5-6,11-12H,1-4H2,(H,10,13). The SMILES string of the molecule is O=c1cc(CCO)[nH]c(CCO)c1. The summed E-state index contributed by atoms with van der Waals surface area (Å²) in [5.74, 6) is 0. The van der Waals surface area contributed by atoms with Gasteiger partial charge in [-0.25, -0.2) is 0 Å². The van der Waals surface area contributed by atoms with Gasteiger partial charge < -0.3 is 15.2 Å². The van der Waals surface area contributed by atoms with E-state index in [4.69, 9.17) is 10.2 Å². The molecule has 0 aliphatic heterocycles. The van der Waals surface area contributed by atoms with Gasteiger partial charge in [-0.2, -0.15) is 0 Å². The normalized spacial score (nSPS) is 10.3. The molecule has 0 saturated heterocycles. The van der Waals surface area contributed by atoms with Crippen molar-refractivity contribution in [2.75, 3.05) is 13.2 Å². The molecule has 1 aromatic rings. The van der Waals surface area contributed by atoms with E-state index in [0.29, 0.717) is 24.2 Å². The summed E-state index contributed by atoms with van der Waals surface area (Å²) in [5, 5.41) is 17.3. The molecule has 1 aromatic heterocycles. The second-order valence-electron chi connectivity index (χ2n) is 2.81. The Balaban J connectivity index is 2.90. The zero-order chi connectivity index (χ0) is 9.68. The summed E-state index contributed by atoms with van der Waals surface area (Å²) in [7, 11) is 0. The summed E-state index contributed by atoms with van der Waals surface area (Å²) >= 11 is 0. The van der Waals surface area contributed by atoms with Gasteiger partial charge in [0.2, 0.25) is 0 Å². The smallest absolute Gasteiger partial charge is 0.182 e. The van der Waals surface area contributed by atoms with Crippen LogP contribution in [0.15, 0.2) is 16.9 Å². The second kappa shape index (κ2) is 4.79. The summed E-state index contributed by atoms with van der Waals surface area (Å²) in [4.78, 5) is 14.0. The Morgan fingerprint density at radius 2 is 1.54 bits per heavy atom. The second-order valence-corrected chi connectivity index (χ2v) is 2.81. The maximum Gasteiger partial charge on any atom is 0.182 e. The van der Waals surface area contributed by atoms with Crippen molar-refractivity contribution in [1.29, 1.82) is 0 Å². The first kappa shape index (κ1) is 9.95. The Bertz CT molecular complexity index is 292. The minimum absolute atomic E-state index is 0.0124. The third kappa shape index (κ3) is 3.01. The zero-order valence-electron chi connectivity index (χ0n) is 7.29. The van der Waals surface area contributed by atoms with Crippen LogP contribution < -0.4 is 5.43 Å². The van der Waals surface area contributed by atoms with Gasteiger partial charge >= 0.3 is 0 Å². The third-order valence-electron chi connectivity index (χ3n) is 1.72. The van der Waals surface area contributed by atoms with Gasteiger partial charge in [0, 0.05) is 49.6 Å². The fraction of sp³-hybridized carbons (Fsp3) is 0.444. The van der Waals surface area contributed by atoms with Crippen LogP contribution in [0.25, 0.3) is 0 Å². The van der Waals surface area contributed by atoms with Crippen LogP contribution in [-0.2, 0) is 12.8 Å². The van der Waals surface area contributed by atoms with E-state index < -0.39 is 0 Å². The van der Waals surface area contributed by atoms with Gasteiger partial charge in [-0.05, 0) is 0 Å². The molecule has 3 N–H and O–H groups in total. The Morgan fingerprint density at radius 3 is 1.92 bits per heavy atom.